The van der Waals surface area contributed by atoms with E-state index in [0.29, 0.717) is 18.8 Å². The van der Waals surface area contributed by atoms with E-state index in [-0.39, 0.29) is 0 Å². The van der Waals surface area contributed by atoms with Gasteiger partial charge in [-0.15, -0.1) is 0 Å². The van der Waals surface area contributed by atoms with Crippen molar-refractivity contribution in [3.05, 3.63) is 59.2 Å². The molecule has 1 aliphatic heterocycles. The standard InChI is InChI=1S/C19H21NO4/c1-23-15-7-3-5-13(11-15)18(19(21)22)20-10-9-16-14(12-20)6-4-8-17(16)24-2/h3-8,11,18H,9-10,12H2,1-2H3,(H,21,22). The molecule has 0 aromatic heterocycles. The molecule has 24 heavy (non-hydrogen) atoms. The Morgan fingerprint density at radius 1 is 1.17 bits per heavy atom. The lowest BCUT2D eigenvalue weighted by Gasteiger charge is -2.34. The zero-order valence-electron chi connectivity index (χ0n) is 13.9. The van der Waals surface area contributed by atoms with Crippen molar-refractivity contribution in [3.63, 3.8) is 0 Å². The topological polar surface area (TPSA) is 59.0 Å². The monoisotopic (exact) mass is 327 g/mol. The fourth-order valence-corrected chi connectivity index (χ4v) is 3.33. The second-order valence-electron chi connectivity index (χ2n) is 5.84. The molecule has 0 aliphatic carbocycles. The van der Waals surface area contributed by atoms with Crippen LogP contribution in [0.3, 0.4) is 0 Å². The quantitative estimate of drug-likeness (QED) is 0.915. The Kier molecular flexibility index (Phi) is 4.71. The highest BCUT2D eigenvalue weighted by Gasteiger charge is 2.31. The van der Waals surface area contributed by atoms with E-state index < -0.39 is 12.0 Å². The van der Waals surface area contributed by atoms with Crippen LogP contribution < -0.4 is 9.47 Å². The van der Waals surface area contributed by atoms with Crippen LogP contribution in [0, 0.1) is 0 Å². The molecule has 0 bridgehead atoms. The van der Waals surface area contributed by atoms with Crippen LogP contribution in [0.15, 0.2) is 42.5 Å². The average Bonchev–Trinajstić information content (AvgIpc) is 2.61. The maximum absolute atomic E-state index is 11.9. The van der Waals surface area contributed by atoms with E-state index in [0.717, 1.165) is 23.3 Å². The van der Waals surface area contributed by atoms with Gasteiger partial charge in [0.15, 0.2) is 0 Å². The number of ether oxygens (including phenoxy) is 2. The van der Waals surface area contributed by atoms with Crippen molar-refractivity contribution in [1.29, 1.82) is 0 Å². The summed E-state index contributed by atoms with van der Waals surface area (Å²) in [7, 11) is 3.25. The van der Waals surface area contributed by atoms with Crippen molar-refractivity contribution in [3.8, 4) is 11.5 Å². The Hall–Kier alpha value is -2.53. The second kappa shape index (κ2) is 6.93. The smallest absolute Gasteiger partial charge is 0.325 e. The van der Waals surface area contributed by atoms with Gasteiger partial charge < -0.3 is 14.6 Å². The molecule has 0 saturated carbocycles. The molecule has 2 aromatic rings. The summed E-state index contributed by atoms with van der Waals surface area (Å²) in [5, 5.41) is 9.78. The molecule has 126 valence electrons. The van der Waals surface area contributed by atoms with E-state index >= 15 is 0 Å². The number of benzene rings is 2. The molecule has 5 heteroatoms. The minimum atomic E-state index is -0.852. The van der Waals surface area contributed by atoms with Gasteiger partial charge in [0.05, 0.1) is 14.2 Å². The van der Waals surface area contributed by atoms with Gasteiger partial charge in [-0.05, 0) is 41.3 Å². The number of fused-ring (bicyclic) bond motifs is 1. The first-order chi connectivity index (χ1) is 11.6. The van der Waals surface area contributed by atoms with Crippen LogP contribution in [-0.2, 0) is 17.8 Å². The zero-order chi connectivity index (χ0) is 17.1. The van der Waals surface area contributed by atoms with E-state index in [9.17, 15) is 9.90 Å². The van der Waals surface area contributed by atoms with Gasteiger partial charge in [-0.25, -0.2) is 0 Å². The molecule has 3 rings (SSSR count). The number of carbonyl (C=O) groups is 1. The number of hydrogen-bond donors (Lipinski definition) is 1. The first-order valence-corrected chi connectivity index (χ1v) is 7.89. The highest BCUT2D eigenvalue weighted by Crippen LogP contribution is 2.33. The van der Waals surface area contributed by atoms with Crippen LogP contribution >= 0.6 is 0 Å². The van der Waals surface area contributed by atoms with Crippen molar-refractivity contribution in [2.24, 2.45) is 0 Å². The summed E-state index contributed by atoms with van der Waals surface area (Å²) in [4.78, 5) is 13.9. The van der Waals surface area contributed by atoms with Crippen molar-refractivity contribution < 1.29 is 19.4 Å². The molecule has 0 amide bonds. The SMILES string of the molecule is COc1cccc(C(C(=O)O)N2CCc3c(cccc3OC)C2)c1. The molecule has 1 heterocycles. The van der Waals surface area contributed by atoms with Gasteiger partial charge in [0.2, 0.25) is 0 Å². The Labute approximate surface area is 141 Å². The van der Waals surface area contributed by atoms with E-state index in [1.54, 1.807) is 20.3 Å². The van der Waals surface area contributed by atoms with Crippen LogP contribution in [0.5, 0.6) is 11.5 Å². The maximum Gasteiger partial charge on any atom is 0.325 e. The lowest BCUT2D eigenvalue weighted by molar-refractivity contribution is -0.144. The Morgan fingerprint density at radius 2 is 1.96 bits per heavy atom. The average molecular weight is 327 g/mol. The molecule has 1 unspecified atom stereocenters. The fraction of sp³-hybridized carbons (Fsp3) is 0.316. The summed E-state index contributed by atoms with van der Waals surface area (Å²) in [5.41, 5.74) is 3.02. The van der Waals surface area contributed by atoms with E-state index in [2.05, 4.69) is 0 Å². The molecular weight excluding hydrogens is 306 g/mol. The summed E-state index contributed by atoms with van der Waals surface area (Å²) in [6.07, 6.45) is 0.771. The second-order valence-corrected chi connectivity index (χ2v) is 5.84. The minimum absolute atomic E-state index is 0.584. The third kappa shape index (κ3) is 3.08. The molecule has 2 aromatic carbocycles. The summed E-state index contributed by atoms with van der Waals surface area (Å²) in [6.45, 7) is 1.25. The van der Waals surface area contributed by atoms with E-state index in [1.807, 2.05) is 41.3 Å². The lowest BCUT2D eigenvalue weighted by atomic mass is 9.95. The Bertz CT molecular complexity index is 744. The number of nitrogens with zero attached hydrogens (tertiary/aromatic N) is 1. The summed E-state index contributed by atoms with van der Waals surface area (Å²) in [5.74, 6) is 0.688. The molecule has 0 saturated heterocycles. The van der Waals surface area contributed by atoms with Crippen molar-refractivity contribution >= 4 is 5.97 Å². The molecule has 1 N–H and O–H groups in total. The van der Waals surface area contributed by atoms with Gasteiger partial charge in [0.1, 0.15) is 17.5 Å². The van der Waals surface area contributed by atoms with Crippen molar-refractivity contribution in [2.75, 3.05) is 20.8 Å². The Morgan fingerprint density at radius 3 is 2.67 bits per heavy atom. The van der Waals surface area contributed by atoms with Crippen LogP contribution in [0.25, 0.3) is 0 Å². The minimum Gasteiger partial charge on any atom is -0.497 e. The van der Waals surface area contributed by atoms with Gasteiger partial charge >= 0.3 is 5.97 Å². The summed E-state index contributed by atoms with van der Waals surface area (Å²) >= 11 is 0. The normalized spacial score (nSPS) is 15.4. The first-order valence-electron chi connectivity index (χ1n) is 7.89. The molecule has 1 aliphatic rings. The number of rotatable bonds is 5. The zero-order valence-corrected chi connectivity index (χ0v) is 13.9. The third-order valence-electron chi connectivity index (χ3n) is 4.48. The van der Waals surface area contributed by atoms with Gasteiger partial charge in [0, 0.05) is 13.1 Å². The molecule has 0 fully saturated rings. The third-order valence-corrected chi connectivity index (χ3v) is 4.48. The van der Waals surface area contributed by atoms with Gasteiger partial charge in [0.25, 0.3) is 0 Å². The molecule has 5 nitrogen and oxygen atoms in total. The molecule has 1 atom stereocenters. The summed E-state index contributed by atoms with van der Waals surface area (Å²) < 4.78 is 10.6. The first kappa shape index (κ1) is 16.3. The largest absolute Gasteiger partial charge is 0.497 e. The highest BCUT2D eigenvalue weighted by molar-refractivity contribution is 5.76. The van der Waals surface area contributed by atoms with Crippen LogP contribution in [0.2, 0.25) is 0 Å². The number of carboxylic acids is 1. The molecule has 0 radical (unpaired) electrons. The molecular formula is C19H21NO4. The van der Waals surface area contributed by atoms with Crippen LogP contribution in [0.1, 0.15) is 22.7 Å². The number of aliphatic carboxylic acids is 1. The van der Waals surface area contributed by atoms with E-state index in [4.69, 9.17) is 9.47 Å². The van der Waals surface area contributed by atoms with Crippen molar-refractivity contribution in [2.45, 2.75) is 19.0 Å². The van der Waals surface area contributed by atoms with E-state index in [1.165, 1.54) is 5.56 Å². The van der Waals surface area contributed by atoms with Crippen molar-refractivity contribution in [1.82, 2.24) is 4.90 Å². The van der Waals surface area contributed by atoms with Gasteiger partial charge in [-0.3, -0.25) is 9.69 Å². The van der Waals surface area contributed by atoms with Crippen LogP contribution in [-0.4, -0.2) is 36.7 Å². The number of carboxylic acid groups (broad SMARTS) is 1. The molecule has 0 spiro atoms. The van der Waals surface area contributed by atoms with Crippen LogP contribution in [0.4, 0.5) is 0 Å². The lowest BCUT2D eigenvalue weighted by Crippen LogP contribution is -2.38. The Balaban J connectivity index is 1.92. The van der Waals surface area contributed by atoms with Gasteiger partial charge in [-0.2, -0.15) is 0 Å². The van der Waals surface area contributed by atoms with Gasteiger partial charge in [-0.1, -0.05) is 24.3 Å². The summed E-state index contributed by atoms with van der Waals surface area (Å²) in [6, 6.07) is 12.5. The highest BCUT2D eigenvalue weighted by atomic mass is 16.5. The number of hydrogen-bond acceptors (Lipinski definition) is 4. The predicted molar refractivity (Wildman–Crippen MR) is 90.5 cm³/mol. The fourth-order valence-electron chi connectivity index (χ4n) is 3.33. The predicted octanol–water partition coefficient (Wildman–Crippen LogP) is 2.89. The maximum atomic E-state index is 11.9. The number of methoxy groups -OCH3 is 2.